The summed E-state index contributed by atoms with van der Waals surface area (Å²) in [5.41, 5.74) is -0.167. The van der Waals surface area contributed by atoms with Crippen LogP contribution in [0.2, 0.25) is 0 Å². The summed E-state index contributed by atoms with van der Waals surface area (Å²) in [7, 11) is 0. The molecular formula is C16H29IN4OS. The molecule has 1 aliphatic heterocycles. The molecule has 1 aromatic rings. The summed E-state index contributed by atoms with van der Waals surface area (Å²) in [6, 6.07) is 4.29. The average molecular weight is 452 g/mol. The maximum Gasteiger partial charge on any atom is 0.194 e. The second kappa shape index (κ2) is 9.68. The summed E-state index contributed by atoms with van der Waals surface area (Å²) in [4.78, 5) is 9.48. The molecule has 5 nitrogen and oxygen atoms in total. The van der Waals surface area contributed by atoms with Crippen molar-refractivity contribution in [2.45, 2.75) is 20.8 Å². The molecule has 0 radical (unpaired) electrons. The summed E-state index contributed by atoms with van der Waals surface area (Å²) in [6.45, 7) is 11.8. The molecule has 132 valence electrons. The maximum atomic E-state index is 9.38. The Hall–Kier alpha value is -0.540. The number of nitrogens with one attached hydrogen (secondary N) is 1. The van der Waals surface area contributed by atoms with E-state index in [1.807, 2.05) is 13.8 Å². The minimum Gasteiger partial charge on any atom is -0.396 e. The lowest BCUT2D eigenvalue weighted by Gasteiger charge is -2.37. The molecule has 2 rings (SSSR count). The molecule has 0 bridgehead atoms. The van der Waals surface area contributed by atoms with Gasteiger partial charge in [0.25, 0.3) is 0 Å². The number of halogens is 1. The van der Waals surface area contributed by atoms with Crippen LogP contribution in [-0.2, 0) is 0 Å². The van der Waals surface area contributed by atoms with Gasteiger partial charge in [0.15, 0.2) is 5.96 Å². The monoisotopic (exact) mass is 452 g/mol. The number of piperazine rings is 1. The van der Waals surface area contributed by atoms with Gasteiger partial charge < -0.3 is 20.2 Å². The molecule has 2 heterocycles. The van der Waals surface area contributed by atoms with Crippen molar-refractivity contribution in [3.05, 3.63) is 17.5 Å². The predicted octanol–water partition coefficient (Wildman–Crippen LogP) is 2.47. The molecule has 0 saturated carbocycles. The number of guanidine groups is 1. The molecule has 0 spiro atoms. The summed E-state index contributed by atoms with van der Waals surface area (Å²) >= 11 is 1.80. The number of hydrogen-bond acceptors (Lipinski definition) is 4. The van der Waals surface area contributed by atoms with Crippen LogP contribution < -0.4 is 10.2 Å². The van der Waals surface area contributed by atoms with E-state index in [0.717, 1.165) is 38.7 Å². The third-order valence-electron chi connectivity index (χ3n) is 3.82. The van der Waals surface area contributed by atoms with Gasteiger partial charge in [0.1, 0.15) is 0 Å². The van der Waals surface area contributed by atoms with Crippen LogP contribution >= 0.6 is 35.3 Å². The molecule has 1 aromatic heterocycles. The summed E-state index contributed by atoms with van der Waals surface area (Å²) in [5.74, 6) is 0.967. The first-order valence-electron chi connectivity index (χ1n) is 7.98. The van der Waals surface area contributed by atoms with Crippen LogP contribution in [0.3, 0.4) is 0 Å². The van der Waals surface area contributed by atoms with Crippen LogP contribution in [-0.4, -0.2) is 61.8 Å². The van der Waals surface area contributed by atoms with Gasteiger partial charge in [-0.25, -0.2) is 0 Å². The van der Waals surface area contributed by atoms with Crippen molar-refractivity contribution >= 4 is 46.3 Å². The van der Waals surface area contributed by atoms with Gasteiger partial charge in [-0.3, -0.25) is 4.99 Å². The lowest BCUT2D eigenvalue weighted by atomic mass is 9.95. The fraction of sp³-hybridized carbons (Fsp3) is 0.688. The minimum absolute atomic E-state index is 0. The third kappa shape index (κ3) is 6.11. The van der Waals surface area contributed by atoms with E-state index in [-0.39, 0.29) is 36.0 Å². The zero-order chi connectivity index (χ0) is 16.0. The predicted molar refractivity (Wildman–Crippen MR) is 110 cm³/mol. The molecule has 1 fully saturated rings. The fourth-order valence-electron chi connectivity index (χ4n) is 2.35. The highest BCUT2D eigenvalue weighted by atomic mass is 127. The van der Waals surface area contributed by atoms with Gasteiger partial charge in [0.05, 0.1) is 11.5 Å². The SMILES string of the molecule is CCNC(=NCC(C)(C)CO)N1CCN(c2cccs2)CC1.I. The lowest BCUT2D eigenvalue weighted by molar-refractivity contribution is 0.166. The van der Waals surface area contributed by atoms with Gasteiger partial charge in [-0.2, -0.15) is 0 Å². The van der Waals surface area contributed by atoms with E-state index in [0.29, 0.717) is 6.54 Å². The van der Waals surface area contributed by atoms with Crippen molar-refractivity contribution in [2.24, 2.45) is 10.4 Å². The second-order valence-corrected chi connectivity index (χ2v) is 7.34. The van der Waals surface area contributed by atoms with E-state index < -0.39 is 0 Å². The standard InChI is InChI=1S/C16H28N4OS.HI/c1-4-17-15(18-12-16(2,3)13-21)20-9-7-19(8-10-20)14-6-5-11-22-14;/h5-6,11,21H,4,7-10,12-13H2,1-3H3,(H,17,18);1H. The molecule has 1 aliphatic rings. The number of anilines is 1. The topological polar surface area (TPSA) is 51.1 Å². The zero-order valence-corrected chi connectivity index (χ0v) is 17.4. The molecule has 0 atom stereocenters. The van der Waals surface area contributed by atoms with E-state index in [1.54, 1.807) is 11.3 Å². The first kappa shape index (κ1) is 20.5. The van der Waals surface area contributed by atoms with Crippen LogP contribution in [0.15, 0.2) is 22.5 Å². The van der Waals surface area contributed by atoms with Gasteiger partial charge in [0, 0.05) is 44.7 Å². The van der Waals surface area contributed by atoms with E-state index in [4.69, 9.17) is 4.99 Å². The number of rotatable bonds is 5. The molecule has 0 aliphatic carbocycles. The van der Waals surface area contributed by atoms with Crippen molar-refractivity contribution in [3.8, 4) is 0 Å². The van der Waals surface area contributed by atoms with Gasteiger partial charge >= 0.3 is 0 Å². The normalized spacial score (nSPS) is 16.3. The molecule has 0 unspecified atom stereocenters. The lowest BCUT2D eigenvalue weighted by Crippen LogP contribution is -2.52. The Morgan fingerprint density at radius 2 is 2.04 bits per heavy atom. The molecule has 1 saturated heterocycles. The Kier molecular flexibility index (Phi) is 8.63. The maximum absolute atomic E-state index is 9.38. The largest absolute Gasteiger partial charge is 0.396 e. The highest BCUT2D eigenvalue weighted by molar-refractivity contribution is 14.0. The van der Waals surface area contributed by atoms with Gasteiger partial charge in [-0.15, -0.1) is 35.3 Å². The molecule has 0 amide bonds. The quantitative estimate of drug-likeness (QED) is 0.410. The number of hydrogen-bond donors (Lipinski definition) is 2. The number of aliphatic hydroxyl groups excluding tert-OH is 1. The van der Waals surface area contributed by atoms with Crippen LogP contribution in [0, 0.1) is 5.41 Å². The summed E-state index contributed by atoms with van der Waals surface area (Å²) in [6.07, 6.45) is 0. The Bertz CT molecular complexity index is 470. The molecule has 2 N–H and O–H groups in total. The van der Waals surface area contributed by atoms with Crippen LogP contribution in [0.25, 0.3) is 0 Å². The van der Waals surface area contributed by atoms with E-state index in [2.05, 4.69) is 39.6 Å². The van der Waals surface area contributed by atoms with Crippen LogP contribution in [0.5, 0.6) is 0 Å². The summed E-state index contributed by atoms with van der Waals surface area (Å²) < 4.78 is 0. The average Bonchev–Trinajstić information content (AvgIpc) is 3.06. The molecule has 7 heteroatoms. The van der Waals surface area contributed by atoms with Gasteiger partial charge in [0.2, 0.25) is 0 Å². The van der Waals surface area contributed by atoms with Crippen molar-refractivity contribution in [1.82, 2.24) is 10.2 Å². The minimum atomic E-state index is -0.167. The van der Waals surface area contributed by atoms with E-state index in [9.17, 15) is 5.11 Å². The molecular weight excluding hydrogens is 423 g/mol. The number of nitrogens with zero attached hydrogens (tertiary/aromatic N) is 3. The molecule has 0 aromatic carbocycles. The van der Waals surface area contributed by atoms with E-state index in [1.165, 1.54) is 5.00 Å². The Morgan fingerprint density at radius 1 is 1.35 bits per heavy atom. The number of thiophene rings is 1. The van der Waals surface area contributed by atoms with Gasteiger partial charge in [-0.1, -0.05) is 13.8 Å². The second-order valence-electron chi connectivity index (χ2n) is 6.42. The number of aliphatic hydroxyl groups is 1. The Morgan fingerprint density at radius 3 is 2.57 bits per heavy atom. The number of aliphatic imine (C=N–C) groups is 1. The van der Waals surface area contributed by atoms with Crippen molar-refractivity contribution < 1.29 is 5.11 Å². The third-order valence-corrected chi connectivity index (χ3v) is 4.75. The Labute approximate surface area is 160 Å². The van der Waals surface area contributed by atoms with Crippen molar-refractivity contribution in [1.29, 1.82) is 0 Å². The molecule has 23 heavy (non-hydrogen) atoms. The van der Waals surface area contributed by atoms with Gasteiger partial charge in [-0.05, 0) is 24.4 Å². The highest BCUT2D eigenvalue weighted by Crippen LogP contribution is 2.22. The van der Waals surface area contributed by atoms with Crippen molar-refractivity contribution in [3.63, 3.8) is 0 Å². The van der Waals surface area contributed by atoms with E-state index >= 15 is 0 Å². The fourth-order valence-corrected chi connectivity index (χ4v) is 3.14. The smallest absolute Gasteiger partial charge is 0.194 e. The first-order chi connectivity index (χ1) is 10.6. The van der Waals surface area contributed by atoms with Crippen LogP contribution in [0.1, 0.15) is 20.8 Å². The van der Waals surface area contributed by atoms with Crippen molar-refractivity contribution in [2.75, 3.05) is 50.8 Å². The zero-order valence-electron chi connectivity index (χ0n) is 14.3. The summed E-state index contributed by atoms with van der Waals surface area (Å²) in [5, 5.41) is 16.2. The van der Waals surface area contributed by atoms with Crippen LogP contribution in [0.4, 0.5) is 5.00 Å². The Balaban J connectivity index is 0.00000264. The first-order valence-corrected chi connectivity index (χ1v) is 8.86. The highest BCUT2D eigenvalue weighted by Gasteiger charge is 2.22.